The Morgan fingerprint density at radius 3 is 2.43 bits per heavy atom. The van der Waals surface area contributed by atoms with Crippen molar-refractivity contribution in [3.63, 3.8) is 0 Å². The van der Waals surface area contributed by atoms with E-state index in [-0.39, 0.29) is 5.91 Å². The van der Waals surface area contributed by atoms with E-state index in [9.17, 15) is 4.79 Å². The van der Waals surface area contributed by atoms with Gasteiger partial charge in [0.1, 0.15) is 0 Å². The Balaban J connectivity index is 1.40. The van der Waals surface area contributed by atoms with E-state index >= 15 is 0 Å². The number of carbonyl (C=O) groups is 1. The molecule has 1 saturated carbocycles. The summed E-state index contributed by atoms with van der Waals surface area (Å²) in [6, 6.07) is 8.52. The van der Waals surface area contributed by atoms with Crippen molar-refractivity contribution in [3.8, 4) is 0 Å². The Morgan fingerprint density at radius 2 is 1.81 bits per heavy atom. The lowest BCUT2D eigenvalue weighted by Gasteiger charge is -2.36. The van der Waals surface area contributed by atoms with E-state index < -0.39 is 0 Å². The van der Waals surface area contributed by atoms with Crippen LogP contribution in [0, 0.1) is 0 Å². The van der Waals surface area contributed by atoms with Gasteiger partial charge in [-0.2, -0.15) is 0 Å². The smallest absolute Gasteiger partial charge is 0.221 e. The van der Waals surface area contributed by atoms with E-state index in [0.717, 1.165) is 51.3 Å². The van der Waals surface area contributed by atoms with Gasteiger partial charge in [-0.05, 0) is 37.1 Å². The number of carbonyl (C=O) groups excluding carboxylic acids is 1. The number of amides is 1. The number of hydrogen-bond donors (Lipinski definition) is 2. The van der Waals surface area contributed by atoms with Crippen molar-refractivity contribution in [2.45, 2.75) is 25.3 Å². The minimum atomic E-state index is 0.207. The number of nitrogens with zero attached hydrogens (tertiary/aromatic N) is 2. The number of nitrogens with two attached hydrogens (primary N) is 1. The van der Waals surface area contributed by atoms with Gasteiger partial charge < -0.3 is 16.0 Å². The molecule has 1 aromatic rings. The lowest BCUT2D eigenvalue weighted by molar-refractivity contribution is -0.121. The molecular formula is C16H24N4O. The summed E-state index contributed by atoms with van der Waals surface area (Å²) in [5.41, 5.74) is 7.76. The van der Waals surface area contributed by atoms with Gasteiger partial charge in [0.15, 0.2) is 0 Å². The SMILES string of the molecule is Nc1ccc(N2CCN(CCC(=O)NC3CC3)CC2)cc1. The van der Waals surface area contributed by atoms with Crippen LogP contribution in [0.15, 0.2) is 24.3 Å². The summed E-state index contributed by atoms with van der Waals surface area (Å²) in [6.45, 7) is 4.92. The molecule has 1 heterocycles. The number of hydrogen-bond acceptors (Lipinski definition) is 4. The molecule has 1 aliphatic carbocycles. The van der Waals surface area contributed by atoms with E-state index in [0.29, 0.717) is 12.5 Å². The molecule has 5 nitrogen and oxygen atoms in total. The largest absolute Gasteiger partial charge is 0.399 e. The van der Waals surface area contributed by atoms with Gasteiger partial charge in [0.05, 0.1) is 0 Å². The highest BCUT2D eigenvalue weighted by atomic mass is 16.1. The van der Waals surface area contributed by atoms with Gasteiger partial charge in [0, 0.05) is 56.6 Å². The molecule has 1 aromatic carbocycles. The normalized spacial score (nSPS) is 19.5. The van der Waals surface area contributed by atoms with Crippen LogP contribution in [0.2, 0.25) is 0 Å². The summed E-state index contributed by atoms with van der Waals surface area (Å²) in [5.74, 6) is 0.207. The second-order valence-corrected chi connectivity index (χ2v) is 6.01. The molecule has 5 heteroatoms. The highest BCUT2D eigenvalue weighted by Gasteiger charge is 2.23. The fourth-order valence-electron chi connectivity index (χ4n) is 2.70. The van der Waals surface area contributed by atoms with E-state index in [1.54, 1.807) is 0 Å². The molecule has 1 amide bonds. The van der Waals surface area contributed by atoms with Gasteiger partial charge in [-0.15, -0.1) is 0 Å². The highest BCUT2D eigenvalue weighted by molar-refractivity contribution is 5.76. The standard InChI is InChI=1S/C16H24N4O/c17-13-1-5-15(6-2-13)20-11-9-19(10-12-20)8-7-16(21)18-14-3-4-14/h1-2,5-6,14H,3-4,7-12,17H2,(H,18,21). The van der Waals surface area contributed by atoms with E-state index in [1.165, 1.54) is 5.69 Å². The average molecular weight is 288 g/mol. The topological polar surface area (TPSA) is 61.6 Å². The maximum atomic E-state index is 11.7. The Kier molecular flexibility index (Phi) is 4.29. The lowest BCUT2D eigenvalue weighted by Crippen LogP contribution is -2.47. The molecule has 2 fully saturated rings. The van der Waals surface area contributed by atoms with Crippen LogP contribution in [0.1, 0.15) is 19.3 Å². The quantitative estimate of drug-likeness (QED) is 0.795. The zero-order valence-electron chi connectivity index (χ0n) is 12.4. The number of benzene rings is 1. The van der Waals surface area contributed by atoms with Gasteiger partial charge in [0.25, 0.3) is 0 Å². The summed E-state index contributed by atoms with van der Waals surface area (Å²) < 4.78 is 0. The van der Waals surface area contributed by atoms with Crippen molar-refractivity contribution in [2.24, 2.45) is 0 Å². The van der Waals surface area contributed by atoms with Crippen LogP contribution in [0.25, 0.3) is 0 Å². The van der Waals surface area contributed by atoms with Crippen LogP contribution in [0.4, 0.5) is 11.4 Å². The fraction of sp³-hybridized carbons (Fsp3) is 0.562. The second kappa shape index (κ2) is 6.35. The third kappa shape index (κ3) is 4.11. The van der Waals surface area contributed by atoms with E-state index in [1.807, 2.05) is 12.1 Å². The molecule has 0 spiro atoms. The maximum Gasteiger partial charge on any atom is 0.221 e. The summed E-state index contributed by atoms with van der Waals surface area (Å²) in [5, 5.41) is 3.05. The Morgan fingerprint density at radius 1 is 1.14 bits per heavy atom. The molecule has 2 aliphatic rings. The third-order valence-corrected chi connectivity index (χ3v) is 4.23. The van der Waals surface area contributed by atoms with Crippen LogP contribution < -0.4 is 16.0 Å². The van der Waals surface area contributed by atoms with E-state index in [4.69, 9.17) is 5.73 Å². The molecular weight excluding hydrogens is 264 g/mol. The van der Waals surface area contributed by atoms with Crippen LogP contribution >= 0.6 is 0 Å². The van der Waals surface area contributed by atoms with Crippen LogP contribution in [0.3, 0.4) is 0 Å². The first-order chi connectivity index (χ1) is 10.2. The minimum absolute atomic E-state index is 0.207. The number of nitrogen functional groups attached to an aromatic ring is 1. The first kappa shape index (κ1) is 14.2. The molecule has 1 saturated heterocycles. The molecule has 0 atom stereocenters. The molecule has 3 N–H and O–H groups in total. The Labute approximate surface area is 126 Å². The molecule has 0 unspecified atom stereocenters. The first-order valence-corrected chi connectivity index (χ1v) is 7.83. The maximum absolute atomic E-state index is 11.7. The van der Waals surface area contributed by atoms with Crippen LogP contribution in [0.5, 0.6) is 0 Å². The lowest BCUT2D eigenvalue weighted by atomic mass is 10.2. The molecule has 114 valence electrons. The van der Waals surface area contributed by atoms with Crippen molar-refractivity contribution in [1.29, 1.82) is 0 Å². The number of anilines is 2. The highest BCUT2D eigenvalue weighted by Crippen LogP contribution is 2.19. The van der Waals surface area contributed by atoms with Crippen LogP contribution in [-0.2, 0) is 4.79 Å². The number of nitrogens with one attached hydrogen (secondary N) is 1. The first-order valence-electron chi connectivity index (χ1n) is 7.83. The van der Waals surface area contributed by atoms with Gasteiger partial charge in [-0.1, -0.05) is 0 Å². The van der Waals surface area contributed by atoms with Gasteiger partial charge >= 0.3 is 0 Å². The molecule has 0 aromatic heterocycles. The number of rotatable bonds is 5. The molecule has 0 radical (unpaired) electrons. The Bertz CT molecular complexity index is 476. The summed E-state index contributed by atoms with van der Waals surface area (Å²) >= 11 is 0. The predicted molar refractivity (Wildman–Crippen MR) is 85.3 cm³/mol. The molecule has 0 bridgehead atoms. The average Bonchev–Trinajstić information content (AvgIpc) is 3.30. The Hall–Kier alpha value is -1.75. The summed E-state index contributed by atoms with van der Waals surface area (Å²) in [7, 11) is 0. The minimum Gasteiger partial charge on any atom is -0.399 e. The van der Waals surface area contributed by atoms with Crippen molar-refractivity contribution in [3.05, 3.63) is 24.3 Å². The van der Waals surface area contributed by atoms with Crippen LogP contribution in [-0.4, -0.2) is 49.6 Å². The second-order valence-electron chi connectivity index (χ2n) is 6.01. The van der Waals surface area contributed by atoms with Crippen molar-refractivity contribution < 1.29 is 4.79 Å². The van der Waals surface area contributed by atoms with Gasteiger partial charge in [0.2, 0.25) is 5.91 Å². The number of piperazine rings is 1. The molecule has 21 heavy (non-hydrogen) atoms. The fourth-order valence-corrected chi connectivity index (χ4v) is 2.70. The zero-order valence-corrected chi connectivity index (χ0v) is 12.4. The van der Waals surface area contributed by atoms with Crippen molar-refractivity contribution in [2.75, 3.05) is 43.4 Å². The van der Waals surface area contributed by atoms with E-state index in [2.05, 4.69) is 27.2 Å². The predicted octanol–water partition coefficient (Wildman–Crippen LogP) is 1.06. The summed E-state index contributed by atoms with van der Waals surface area (Å²) in [6.07, 6.45) is 2.94. The van der Waals surface area contributed by atoms with Gasteiger partial charge in [-0.25, -0.2) is 0 Å². The third-order valence-electron chi connectivity index (χ3n) is 4.23. The van der Waals surface area contributed by atoms with Crippen molar-refractivity contribution >= 4 is 17.3 Å². The monoisotopic (exact) mass is 288 g/mol. The molecule has 1 aliphatic heterocycles. The summed E-state index contributed by atoms with van der Waals surface area (Å²) in [4.78, 5) is 16.4. The van der Waals surface area contributed by atoms with Gasteiger partial charge in [-0.3, -0.25) is 9.69 Å². The molecule has 3 rings (SSSR count). The van der Waals surface area contributed by atoms with Crippen molar-refractivity contribution in [1.82, 2.24) is 10.2 Å². The zero-order chi connectivity index (χ0) is 14.7.